The molecule has 1 heterocycles. The maximum Gasteiger partial charge on any atom is 0.130 e. The van der Waals surface area contributed by atoms with Crippen LogP contribution in [0.3, 0.4) is 0 Å². The van der Waals surface area contributed by atoms with Crippen molar-refractivity contribution in [2.24, 2.45) is 0 Å². The van der Waals surface area contributed by atoms with Gasteiger partial charge in [0.05, 0.1) is 5.56 Å². The molecule has 90 valence electrons. The zero-order valence-electron chi connectivity index (χ0n) is 10.1. The van der Waals surface area contributed by atoms with Gasteiger partial charge in [-0.05, 0) is 23.3 Å². The lowest BCUT2D eigenvalue weighted by Gasteiger charge is -2.24. The zero-order chi connectivity index (χ0) is 11.9. The molecule has 0 bridgehead atoms. The fourth-order valence-electron chi connectivity index (χ4n) is 2.78. The summed E-state index contributed by atoms with van der Waals surface area (Å²) < 4.78 is 11.5. The first-order valence-electron chi connectivity index (χ1n) is 6.38. The van der Waals surface area contributed by atoms with Gasteiger partial charge in [0.15, 0.2) is 0 Å². The third-order valence-electron chi connectivity index (χ3n) is 3.77. The molecule has 2 aliphatic rings. The van der Waals surface area contributed by atoms with E-state index in [-0.39, 0.29) is 6.10 Å². The van der Waals surface area contributed by atoms with Crippen molar-refractivity contribution >= 4 is 0 Å². The molecule has 0 amide bonds. The predicted octanol–water partition coefficient (Wildman–Crippen LogP) is 3.13. The van der Waals surface area contributed by atoms with Crippen LogP contribution in [0.2, 0.25) is 0 Å². The highest BCUT2D eigenvalue weighted by Gasteiger charge is 2.26. The van der Waals surface area contributed by atoms with Crippen LogP contribution in [-0.2, 0) is 19.4 Å². The Morgan fingerprint density at radius 1 is 0.944 bits per heavy atom. The molecular weight excluding hydrogens is 224 g/mol. The van der Waals surface area contributed by atoms with Crippen LogP contribution in [-0.4, -0.2) is 6.10 Å². The summed E-state index contributed by atoms with van der Waals surface area (Å²) in [5.74, 6) is 1.97. The van der Waals surface area contributed by atoms with Gasteiger partial charge in [-0.3, -0.25) is 0 Å². The van der Waals surface area contributed by atoms with Crippen molar-refractivity contribution in [1.82, 2.24) is 0 Å². The Morgan fingerprint density at radius 3 is 2.39 bits per heavy atom. The first kappa shape index (κ1) is 10.0. The molecule has 2 aromatic rings. The molecule has 0 aromatic heterocycles. The van der Waals surface area contributed by atoms with Crippen molar-refractivity contribution in [1.29, 1.82) is 0 Å². The van der Waals surface area contributed by atoms with Gasteiger partial charge in [0, 0.05) is 12.8 Å². The number of hydrogen-bond acceptors (Lipinski definition) is 2. The van der Waals surface area contributed by atoms with Crippen molar-refractivity contribution in [3.8, 4) is 11.5 Å². The fourth-order valence-corrected chi connectivity index (χ4v) is 2.78. The highest BCUT2D eigenvalue weighted by Crippen LogP contribution is 2.38. The average Bonchev–Trinajstić information content (AvgIpc) is 2.73. The minimum absolute atomic E-state index is 0.273. The zero-order valence-corrected chi connectivity index (χ0v) is 10.1. The summed E-state index contributed by atoms with van der Waals surface area (Å²) >= 11 is 0. The van der Waals surface area contributed by atoms with Crippen LogP contribution in [0.25, 0.3) is 0 Å². The summed E-state index contributed by atoms with van der Waals surface area (Å²) in [4.78, 5) is 0. The van der Waals surface area contributed by atoms with E-state index in [4.69, 9.17) is 9.47 Å². The lowest BCUT2D eigenvalue weighted by Crippen LogP contribution is -2.19. The molecule has 1 aliphatic carbocycles. The molecule has 18 heavy (non-hydrogen) atoms. The SMILES string of the molecule is c1ccc2c(c1)CC(Oc1cccc3c1CO3)C2. The van der Waals surface area contributed by atoms with Gasteiger partial charge in [-0.25, -0.2) is 0 Å². The maximum atomic E-state index is 6.14. The van der Waals surface area contributed by atoms with Crippen LogP contribution < -0.4 is 9.47 Å². The van der Waals surface area contributed by atoms with E-state index in [0.29, 0.717) is 6.61 Å². The Hall–Kier alpha value is -1.96. The number of ether oxygens (including phenoxy) is 2. The Bertz CT molecular complexity index is 579. The summed E-state index contributed by atoms with van der Waals surface area (Å²) in [5.41, 5.74) is 4.07. The van der Waals surface area contributed by atoms with E-state index in [1.165, 1.54) is 16.7 Å². The molecule has 0 radical (unpaired) electrons. The van der Waals surface area contributed by atoms with Crippen LogP contribution in [0.4, 0.5) is 0 Å². The second-order valence-electron chi connectivity index (χ2n) is 4.94. The first-order valence-corrected chi connectivity index (χ1v) is 6.38. The summed E-state index contributed by atoms with van der Waals surface area (Å²) in [6.07, 6.45) is 2.30. The van der Waals surface area contributed by atoms with Crippen LogP contribution in [0.5, 0.6) is 11.5 Å². The van der Waals surface area contributed by atoms with Gasteiger partial charge in [0.2, 0.25) is 0 Å². The number of rotatable bonds is 2. The van der Waals surface area contributed by atoms with E-state index in [0.717, 1.165) is 24.3 Å². The predicted molar refractivity (Wildman–Crippen MR) is 69.0 cm³/mol. The molecule has 0 spiro atoms. The third-order valence-corrected chi connectivity index (χ3v) is 3.77. The second-order valence-corrected chi connectivity index (χ2v) is 4.94. The molecule has 4 rings (SSSR count). The fraction of sp³-hybridized carbons (Fsp3) is 0.250. The van der Waals surface area contributed by atoms with Gasteiger partial charge < -0.3 is 9.47 Å². The average molecular weight is 238 g/mol. The Morgan fingerprint density at radius 2 is 1.72 bits per heavy atom. The minimum Gasteiger partial charge on any atom is -0.489 e. The van der Waals surface area contributed by atoms with Gasteiger partial charge in [0.25, 0.3) is 0 Å². The summed E-state index contributed by atoms with van der Waals surface area (Å²) in [5, 5.41) is 0. The lowest BCUT2D eigenvalue weighted by atomic mass is 10.1. The van der Waals surface area contributed by atoms with Gasteiger partial charge >= 0.3 is 0 Å². The molecular formula is C16H14O2. The molecule has 2 nitrogen and oxygen atoms in total. The molecule has 0 saturated heterocycles. The topological polar surface area (TPSA) is 18.5 Å². The summed E-state index contributed by atoms with van der Waals surface area (Å²) in [6.45, 7) is 0.686. The molecule has 2 aromatic carbocycles. The standard InChI is InChI=1S/C16H14O2/c1-2-5-12-9-13(8-11(12)4-1)18-16-7-3-6-15-14(16)10-17-15/h1-7,13H,8-10H2. The van der Waals surface area contributed by atoms with Crippen molar-refractivity contribution in [3.05, 3.63) is 59.2 Å². The number of hydrogen-bond donors (Lipinski definition) is 0. The van der Waals surface area contributed by atoms with Gasteiger partial charge in [-0.15, -0.1) is 0 Å². The highest BCUT2D eigenvalue weighted by atomic mass is 16.5. The van der Waals surface area contributed by atoms with Crippen molar-refractivity contribution in [2.75, 3.05) is 0 Å². The van der Waals surface area contributed by atoms with Crippen LogP contribution in [0, 0.1) is 0 Å². The van der Waals surface area contributed by atoms with E-state index in [1.54, 1.807) is 0 Å². The highest BCUT2D eigenvalue weighted by molar-refractivity contribution is 5.49. The Balaban J connectivity index is 1.56. The van der Waals surface area contributed by atoms with Crippen molar-refractivity contribution < 1.29 is 9.47 Å². The van der Waals surface area contributed by atoms with Crippen LogP contribution >= 0.6 is 0 Å². The van der Waals surface area contributed by atoms with E-state index in [1.807, 2.05) is 18.2 Å². The lowest BCUT2D eigenvalue weighted by molar-refractivity contribution is 0.186. The van der Waals surface area contributed by atoms with Crippen LogP contribution in [0.15, 0.2) is 42.5 Å². The third kappa shape index (κ3) is 1.49. The second kappa shape index (κ2) is 3.77. The normalized spacial score (nSPS) is 16.4. The monoisotopic (exact) mass is 238 g/mol. The van der Waals surface area contributed by atoms with Crippen molar-refractivity contribution in [2.45, 2.75) is 25.6 Å². The number of benzene rings is 2. The first-order chi connectivity index (χ1) is 8.90. The van der Waals surface area contributed by atoms with Gasteiger partial charge in [0.1, 0.15) is 24.2 Å². The molecule has 0 N–H and O–H groups in total. The van der Waals surface area contributed by atoms with Gasteiger partial charge in [-0.2, -0.15) is 0 Å². The summed E-state index contributed by atoms with van der Waals surface area (Å²) in [6, 6.07) is 14.6. The number of fused-ring (bicyclic) bond motifs is 2. The van der Waals surface area contributed by atoms with E-state index in [9.17, 15) is 0 Å². The molecule has 1 aliphatic heterocycles. The largest absolute Gasteiger partial charge is 0.489 e. The molecule has 0 fully saturated rings. The smallest absolute Gasteiger partial charge is 0.130 e. The Kier molecular flexibility index (Phi) is 2.10. The van der Waals surface area contributed by atoms with Gasteiger partial charge in [-0.1, -0.05) is 30.3 Å². The van der Waals surface area contributed by atoms with E-state index >= 15 is 0 Å². The quantitative estimate of drug-likeness (QED) is 0.800. The van der Waals surface area contributed by atoms with E-state index in [2.05, 4.69) is 24.3 Å². The molecule has 0 unspecified atom stereocenters. The molecule has 0 atom stereocenters. The molecule has 2 heteroatoms. The van der Waals surface area contributed by atoms with Crippen LogP contribution in [0.1, 0.15) is 16.7 Å². The Labute approximate surface area is 106 Å². The minimum atomic E-state index is 0.273. The molecule has 0 saturated carbocycles. The van der Waals surface area contributed by atoms with E-state index < -0.39 is 0 Å². The summed E-state index contributed by atoms with van der Waals surface area (Å²) in [7, 11) is 0. The van der Waals surface area contributed by atoms with Crippen molar-refractivity contribution in [3.63, 3.8) is 0 Å². The maximum absolute atomic E-state index is 6.14.